The molecule has 0 unspecified atom stereocenters. The number of anilines is 1. The zero-order chi connectivity index (χ0) is 8.10. The summed E-state index contributed by atoms with van der Waals surface area (Å²) in [5.41, 5.74) is 2.32. The first-order valence-corrected chi connectivity index (χ1v) is 3.98. The molecule has 1 rings (SSSR count). The summed E-state index contributed by atoms with van der Waals surface area (Å²) in [4.78, 5) is 3.92. The highest BCUT2D eigenvalue weighted by Crippen LogP contribution is 2.11. The molecule has 0 bridgehead atoms. The number of nitrogens with one attached hydrogen (secondary N) is 1. The third kappa shape index (κ3) is 1.93. The average molecular weight is 149 g/mol. The maximum absolute atomic E-state index is 3.92. The Hall–Kier alpha value is -1.05. The molecule has 2 nitrogen and oxygen atoms in total. The van der Waals surface area contributed by atoms with Gasteiger partial charge in [0.1, 0.15) is 6.20 Å². The Balaban J connectivity index is 2.83. The molecule has 0 aromatic carbocycles. The van der Waals surface area contributed by atoms with Crippen LogP contribution in [-0.2, 0) is 6.42 Å². The topological polar surface area (TPSA) is 24.9 Å². The van der Waals surface area contributed by atoms with Gasteiger partial charge in [-0.1, -0.05) is 6.92 Å². The number of hydrogen-bond donors (Lipinski definition) is 1. The van der Waals surface area contributed by atoms with Gasteiger partial charge in [0.25, 0.3) is 0 Å². The van der Waals surface area contributed by atoms with E-state index in [0.29, 0.717) is 0 Å². The van der Waals surface area contributed by atoms with E-state index in [-0.39, 0.29) is 0 Å². The van der Waals surface area contributed by atoms with Gasteiger partial charge in [0, 0.05) is 12.7 Å². The van der Waals surface area contributed by atoms with Gasteiger partial charge in [0.2, 0.25) is 0 Å². The van der Waals surface area contributed by atoms with Gasteiger partial charge < -0.3 is 5.32 Å². The van der Waals surface area contributed by atoms with Gasteiger partial charge in [-0.2, -0.15) is 0 Å². The third-order valence-corrected chi connectivity index (χ3v) is 1.58. The lowest BCUT2D eigenvalue weighted by atomic mass is 10.2. The molecule has 0 aliphatic carbocycles. The van der Waals surface area contributed by atoms with Gasteiger partial charge in [-0.3, -0.25) is 4.98 Å². The maximum Gasteiger partial charge on any atom is 0.114 e. The summed E-state index contributed by atoms with van der Waals surface area (Å²) in [7, 11) is 0. The molecule has 0 spiro atoms. The molecule has 0 aliphatic heterocycles. The smallest absolute Gasteiger partial charge is 0.114 e. The molecule has 1 radical (unpaired) electrons. The van der Waals surface area contributed by atoms with Crippen LogP contribution in [0.4, 0.5) is 5.69 Å². The van der Waals surface area contributed by atoms with Crippen LogP contribution in [-0.4, -0.2) is 11.5 Å². The van der Waals surface area contributed by atoms with Gasteiger partial charge >= 0.3 is 0 Å². The fourth-order valence-electron chi connectivity index (χ4n) is 1.01. The third-order valence-electron chi connectivity index (χ3n) is 1.58. The molecule has 1 aromatic rings. The lowest BCUT2D eigenvalue weighted by Gasteiger charge is -2.05. The van der Waals surface area contributed by atoms with E-state index < -0.39 is 0 Å². The standard InChI is InChI=1S/C9H13N2/c1-3-8-5-6-10-7-9(8)11-4-2/h5-6,11H,3-4H2,1-2H3. The minimum absolute atomic E-state index is 0.926. The van der Waals surface area contributed by atoms with Gasteiger partial charge in [0.15, 0.2) is 0 Å². The van der Waals surface area contributed by atoms with Gasteiger partial charge in [0.05, 0.1) is 5.69 Å². The second kappa shape index (κ2) is 3.96. The molecular formula is C9H13N2. The highest BCUT2D eigenvalue weighted by Gasteiger charge is 1.96. The Bertz CT molecular complexity index is 221. The van der Waals surface area contributed by atoms with Crippen molar-refractivity contribution >= 4 is 5.69 Å². The molecule has 0 atom stereocenters. The minimum atomic E-state index is 0.926. The van der Waals surface area contributed by atoms with E-state index in [1.165, 1.54) is 5.56 Å². The van der Waals surface area contributed by atoms with Gasteiger partial charge in [-0.15, -0.1) is 0 Å². The highest BCUT2D eigenvalue weighted by molar-refractivity contribution is 5.47. The summed E-state index contributed by atoms with van der Waals surface area (Å²) in [5, 5.41) is 3.21. The number of hydrogen-bond acceptors (Lipinski definition) is 2. The number of aryl methyl sites for hydroxylation is 1. The van der Waals surface area contributed by atoms with E-state index in [9.17, 15) is 0 Å². The molecule has 0 saturated heterocycles. The molecule has 1 aromatic heterocycles. The first-order chi connectivity index (χ1) is 5.38. The lowest BCUT2D eigenvalue weighted by molar-refractivity contribution is 1.09. The molecule has 59 valence electrons. The Morgan fingerprint density at radius 3 is 3.00 bits per heavy atom. The first kappa shape index (κ1) is 8.05. The normalized spacial score (nSPS) is 9.64. The van der Waals surface area contributed by atoms with Crippen molar-refractivity contribution in [3.63, 3.8) is 0 Å². The molecule has 11 heavy (non-hydrogen) atoms. The van der Waals surface area contributed by atoms with E-state index in [4.69, 9.17) is 0 Å². The van der Waals surface area contributed by atoms with Crippen LogP contribution in [0.5, 0.6) is 0 Å². The molecule has 0 amide bonds. The lowest BCUT2D eigenvalue weighted by Crippen LogP contribution is -2.00. The second-order valence-electron chi connectivity index (χ2n) is 2.34. The quantitative estimate of drug-likeness (QED) is 0.709. The first-order valence-electron chi connectivity index (χ1n) is 3.98. The number of nitrogens with zero attached hydrogens (tertiary/aromatic N) is 1. The predicted octanol–water partition coefficient (Wildman–Crippen LogP) is 1.88. The van der Waals surface area contributed by atoms with Crippen molar-refractivity contribution in [3.8, 4) is 0 Å². The van der Waals surface area contributed by atoms with Crippen LogP contribution in [0.3, 0.4) is 0 Å². The van der Waals surface area contributed by atoms with Gasteiger partial charge in [-0.05, 0) is 25.0 Å². The van der Waals surface area contributed by atoms with Crippen molar-refractivity contribution in [2.75, 3.05) is 11.9 Å². The predicted molar refractivity (Wildman–Crippen MR) is 46.6 cm³/mol. The average Bonchev–Trinajstić information content (AvgIpc) is 2.06. The largest absolute Gasteiger partial charge is 0.383 e. The molecule has 2 heteroatoms. The molecule has 1 N–H and O–H groups in total. The number of pyridine rings is 1. The molecule has 0 fully saturated rings. The van der Waals surface area contributed by atoms with Crippen LogP contribution in [0.25, 0.3) is 0 Å². The van der Waals surface area contributed by atoms with Crippen molar-refractivity contribution in [1.29, 1.82) is 0 Å². The Morgan fingerprint density at radius 1 is 1.55 bits per heavy atom. The summed E-state index contributed by atoms with van der Waals surface area (Å²) in [6, 6.07) is 2.02. The van der Waals surface area contributed by atoms with Crippen molar-refractivity contribution in [3.05, 3.63) is 24.0 Å². The Kier molecular flexibility index (Phi) is 2.90. The van der Waals surface area contributed by atoms with E-state index in [2.05, 4.69) is 30.3 Å². The van der Waals surface area contributed by atoms with Crippen molar-refractivity contribution in [2.45, 2.75) is 20.3 Å². The minimum Gasteiger partial charge on any atom is -0.383 e. The summed E-state index contributed by atoms with van der Waals surface area (Å²) in [5.74, 6) is 0. The molecule has 0 aliphatic rings. The van der Waals surface area contributed by atoms with E-state index in [0.717, 1.165) is 18.7 Å². The molecule has 1 heterocycles. The molecule has 0 saturated carbocycles. The van der Waals surface area contributed by atoms with E-state index in [1.54, 1.807) is 6.20 Å². The van der Waals surface area contributed by atoms with Crippen LogP contribution in [0.2, 0.25) is 0 Å². The Labute approximate surface area is 67.7 Å². The maximum atomic E-state index is 3.92. The van der Waals surface area contributed by atoms with Crippen LogP contribution in [0.1, 0.15) is 19.4 Å². The number of aromatic nitrogens is 1. The Morgan fingerprint density at radius 2 is 2.36 bits per heavy atom. The van der Waals surface area contributed by atoms with Crippen molar-refractivity contribution in [2.24, 2.45) is 0 Å². The fraction of sp³-hybridized carbons (Fsp3) is 0.444. The summed E-state index contributed by atoms with van der Waals surface area (Å²) in [6.07, 6.45) is 5.73. The van der Waals surface area contributed by atoms with Gasteiger partial charge in [-0.25, -0.2) is 0 Å². The fourth-order valence-corrected chi connectivity index (χ4v) is 1.01. The van der Waals surface area contributed by atoms with E-state index in [1.807, 2.05) is 6.07 Å². The van der Waals surface area contributed by atoms with Crippen LogP contribution in [0, 0.1) is 6.20 Å². The second-order valence-corrected chi connectivity index (χ2v) is 2.34. The zero-order valence-corrected chi connectivity index (χ0v) is 7.02. The SMILES string of the molecule is CCNc1[c]nccc1CC. The molecular weight excluding hydrogens is 136 g/mol. The van der Waals surface area contributed by atoms with E-state index >= 15 is 0 Å². The van der Waals surface area contributed by atoms with Crippen LogP contribution >= 0.6 is 0 Å². The monoisotopic (exact) mass is 149 g/mol. The summed E-state index contributed by atoms with van der Waals surface area (Å²) < 4.78 is 0. The van der Waals surface area contributed by atoms with Crippen LogP contribution < -0.4 is 5.32 Å². The summed E-state index contributed by atoms with van der Waals surface area (Å²) in [6.45, 7) is 5.12. The van der Waals surface area contributed by atoms with Crippen molar-refractivity contribution in [1.82, 2.24) is 4.98 Å². The van der Waals surface area contributed by atoms with Crippen molar-refractivity contribution < 1.29 is 0 Å². The van der Waals surface area contributed by atoms with Crippen LogP contribution in [0.15, 0.2) is 12.3 Å². The highest BCUT2D eigenvalue weighted by atomic mass is 14.9. The number of rotatable bonds is 3. The zero-order valence-electron chi connectivity index (χ0n) is 7.02. The summed E-state index contributed by atoms with van der Waals surface area (Å²) >= 11 is 0.